The molecule has 3 saturated heterocycles. The molecule has 24 heavy (non-hydrogen) atoms. The highest BCUT2D eigenvalue weighted by atomic mass is 32.2. The number of hydrogen-bond donors (Lipinski definition) is 2. The molecule has 3 heterocycles. The van der Waals surface area contributed by atoms with Gasteiger partial charge in [-0.2, -0.15) is 0 Å². The summed E-state index contributed by atoms with van der Waals surface area (Å²) in [5.74, 6) is 1.22. The molecule has 9 heteroatoms. The minimum Gasteiger partial charge on any atom is -0.312 e. The van der Waals surface area contributed by atoms with Gasteiger partial charge in [0.1, 0.15) is 0 Å². The van der Waals surface area contributed by atoms with Gasteiger partial charge in [-0.3, -0.25) is 0 Å². The first-order valence-electron chi connectivity index (χ1n) is 8.94. The average molecular weight is 380 g/mol. The van der Waals surface area contributed by atoms with Crippen LogP contribution in [0.4, 0.5) is 0 Å². The highest BCUT2D eigenvalue weighted by molar-refractivity contribution is 7.91. The van der Waals surface area contributed by atoms with Gasteiger partial charge in [-0.05, 0) is 38.8 Å². The fourth-order valence-corrected chi connectivity index (χ4v) is 7.36. The predicted molar refractivity (Wildman–Crippen MR) is 94.7 cm³/mol. The van der Waals surface area contributed by atoms with Crippen LogP contribution in [0.15, 0.2) is 0 Å². The first-order valence-corrected chi connectivity index (χ1v) is 12.6. The molecule has 0 spiro atoms. The van der Waals surface area contributed by atoms with Gasteiger partial charge in [0.25, 0.3) is 0 Å². The van der Waals surface area contributed by atoms with Gasteiger partial charge in [0.05, 0.1) is 23.0 Å². The Hall–Kier alpha value is -0.220. The van der Waals surface area contributed by atoms with Gasteiger partial charge in [-0.15, -0.1) is 0 Å². The maximum atomic E-state index is 11.5. The summed E-state index contributed by atoms with van der Waals surface area (Å²) >= 11 is 0. The topological polar surface area (TPSA) is 95.6 Å². The standard InChI is InChI=1S/C15H29N3O4S2/c19-23(20)9-3-14(11-23)16-5-8-18-6-1-13(2-7-18)17-15-4-10-24(21,22)12-15/h13-17H,1-12H2/t14-,15-/m1/s1. The Balaban J connectivity index is 1.30. The molecular weight excluding hydrogens is 350 g/mol. The van der Waals surface area contributed by atoms with Crippen LogP contribution in [0, 0.1) is 0 Å². The second kappa shape index (κ2) is 7.57. The van der Waals surface area contributed by atoms with Crippen molar-refractivity contribution >= 4 is 19.7 Å². The van der Waals surface area contributed by atoms with Crippen LogP contribution in [0.5, 0.6) is 0 Å². The van der Waals surface area contributed by atoms with Crippen LogP contribution in [-0.2, 0) is 19.7 Å². The van der Waals surface area contributed by atoms with Crippen molar-refractivity contribution in [2.45, 2.75) is 43.8 Å². The monoisotopic (exact) mass is 379 g/mol. The minimum atomic E-state index is -2.81. The second-order valence-electron chi connectivity index (χ2n) is 7.44. The van der Waals surface area contributed by atoms with Crippen molar-refractivity contribution in [1.82, 2.24) is 15.5 Å². The van der Waals surface area contributed by atoms with E-state index in [9.17, 15) is 16.8 Å². The lowest BCUT2D eigenvalue weighted by atomic mass is 10.0. The number of hydrogen-bond acceptors (Lipinski definition) is 7. The highest BCUT2D eigenvalue weighted by Gasteiger charge is 2.31. The van der Waals surface area contributed by atoms with Crippen molar-refractivity contribution in [2.24, 2.45) is 0 Å². The highest BCUT2D eigenvalue weighted by Crippen LogP contribution is 2.16. The van der Waals surface area contributed by atoms with Gasteiger partial charge >= 0.3 is 0 Å². The molecule has 3 fully saturated rings. The van der Waals surface area contributed by atoms with Gasteiger partial charge in [-0.1, -0.05) is 0 Å². The van der Waals surface area contributed by atoms with Crippen molar-refractivity contribution in [3.63, 3.8) is 0 Å². The molecule has 2 atom stereocenters. The minimum absolute atomic E-state index is 0.124. The average Bonchev–Trinajstić information content (AvgIpc) is 3.02. The molecule has 0 unspecified atom stereocenters. The van der Waals surface area contributed by atoms with Crippen LogP contribution in [-0.4, -0.2) is 89.1 Å². The lowest BCUT2D eigenvalue weighted by Crippen LogP contribution is -2.48. The Morgan fingerprint density at radius 3 is 1.92 bits per heavy atom. The molecule has 0 aromatic rings. The Morgan fingerprint density at radius 2 is 1.38 bits per heavy atom. The lowest BCUT2D eigenvalue weighted by Gasteiger charge is -2.34. The van der Waals surface area contributed by atoms with Crippen molar-refractivity contribution in [3.8, 4) is 0 Å². The Bertz CT molecular complexity index is 627. The third kappa shape index (κ3) is 5.39. The van der Waals surface area contributed by atoms with E-state index in [1.54, 1.807) is 0 Å². The molecule has 0 radical (unpaired) electrons. The van der Waals surface area contributed by atoms with Crippen molar-refractivity contribution in [3.05, 3.63) is 0 Å². The molecule has 3 rings (SSSR count). The normalized spacial score (nSPS) is 33.8. The third-order valence-corrected chi connectivity index (χ3v) is 8.92. The summed E-state index contributed by atoms with van der Waals surface area (Å²) in [5, 5.41) is 6.88. The van der Waals surface area contributed by atoms with Crippen LogP contribution in [0.25, 0.3) is 0 Å². The van der Waals surface area contributed by atoms with Crippen LogP contribution in [0.2, 0.25) is 0 Å². The molecular formula is C15H29N3O4S2. The van der Waals surface area contributed by atoms with Crippen LogP contribution in [0.3, 0.4) is 0 Å². The maximum absolute atomic E-state index is 11.5. The van der Waals surface area contributed by atoms with E-state index in [4.69, 9.17) is 0 Å². The third-order valence-electron chi connectivity index (χ3n) is 5.38. The molecule has 0 saturated carbocycles. The van der Waals surface area contributed by atoms with E-state index in [1.165, 1.54) is 0 Å². The quantitative estimate of drug-likeness (QED) is 0.611. The summed E-state index contributed by atoms with van der Waals surface area (Å²) in [7, 11) is -5.61. The summed E-state index contributed by atoms with van der Waals surface area (Å²) in [4.78, 5) is 2.40. The van der Waals surface area contributed by atoms with E-state index in [0.29, 0.717) is 23.3 Å². The molecule has 140 valence electrons. The SMILES string of the molecule is O=S1(=O)CC[C@@H](NCCN2CCC(N[C@@H]3CCS(=O)(=O)C3)CC2)C1. The number of rotatable bonds is 6. The molecule has 3 aliphatic heterocycles. The van der Waals surface area contributed by atoms with Crippen LogP contribution in [0.1, 0.15) is 25.7 Å². The molecule has 0 aromatic carbocycles. The van der Waals surface area contributed by atoms with Gasteiger partial charge < -0.3 is 15.5 Å². The molecule has 0 amide bonds. The molecule has 3 aliphatic rings. The van der Waals surface area contributed by atoms with E-state index in [0.717, 1.165) is 51.9 Å². The van der Waals surface area contributed by atoms with Gasteiger partial charge in [-0.25, -0.2) is 16.8 Å². The first kappa shape index (κ1) is 18.6. The largest absolute Gasteiger partial charge is 0.312 e. The lowest BCUT2D eigenvalue weighted by molar-refractivity contribution is 0.191. The summed E-state index contributed by atoms with van der Waals surface area (Å²) < 4.78 is 45.9. The Labute approximate surface area is 145 Å². The molecule has 0 aromatic heterocycles. The fraction of sp³-hybridized carbons (Fsp3) is 1.00. The number of nitrogens with one attached hydrogen (secondary N) is 2. The summed E-state index contributed by atoms with van der Waals surface area (Å²) in [5.41, 5.74) is 0. The predicted octanol–water partition coefficient (Wildman–Crippen LogP) is -0.996. The van der Waals surface area contributed by atoms with Crippen molar-refractivity contribution in [2.75, 3.05) is 49.2 Å². The maximum Gasteiger partial charge on any atom is 0.151 e. The van der Waals surface area contributed by atoms with Crippen LogP contribution < -0.4 is 10.6 Å². The van der Waals surface area contributed by atoms with Crippen molar-refractivity contribution in [1.29, 1.82) is 0 Å². The number of piperidine rings is 1. The second-order valence-corrected chi connectivity index (χ2v) is 11.9. The Kier molecular flexibility index (Phi) is 5.86. The van der Waals surface area contributed by atoms with Crippen molar-refractivity contribution < 1.29 is 16.8 Å². The summed E-state index contributed by atoms with van der Waals surface area (Å²) in [6.07, 6.45) is 3.58. The molecule has 2 N–H and O–H groups in total. The number of nitrogens with zero attached hydrogens (tertiary/aromatic N) is 1. The fourth-order valence-electron chi connectivity index (χ4n) is 3.97. The molecule has 0 aliphatic carbocycles. The zero-order chi connectivity index (χ0) is 17.2. The number of likely N-dealkylation sites (tertiary alicyclic amines) is 1. The zero-order valence-electron chi connectivity index (χ0n) is 14.1. The molecule has 0 bridgehead atoms. The summed E-state index contributed by atoms with van der Waals surface area (Å²) in [6, 6.07) is 0.684. The van der Waals surface area contributed by atoms with E-state index in [1.807, 2.05) is 0 Å². The van der Waals surface area contributed by atoms with Gasteiger partial charge in [0.15, 0.2) is 19.7 Å². The van der Waals surface area contributed by atoms with Gasteiger partial charge in [0, 0.05) is 31.2 Å². The Morgan fingerprint density at radius 1 is 0.792 bits per heavy atom. The van der Waals surface area contributed by atoms with E-state index in [-0.39, 0.29) is 17.8 Å². The number of sulfone groups is 2. The van der Waals surface area contributed by atoms with E-state index >= 15 is 0 Å². The molecule has 7 nitrogen and oxygen atoms in total. The zero-order valence-corrected chi connectivity index (χ0v) is 15.7. The summed E-state index contributed by atoms with van der Waals surface area (Å²) in [6.45, 7) is 3.81. The first-order chi connectivity index (χ1) is 11.3. The van der Waals surface area contributed by atoms with Gasteiger partial charge in [0.2, 0.25) is 0 Å². The van der Waals surface area contributed by atoms with E-state index in [2.05, 4.69) is 15.5 Å². The smallest absolute Gasteiger partial charge is 0.151 e. The van der Waals surface area contributed by atoms with E-state index < -0.39 is 19.7 Å². The van der Waals surface area contributed by atoms with Crippen LogP contribution >= 0.6 is 0 Å².